The Morgan fingerprint density at radius 1 is 1.16 bits per heavy atom. The molecule has 0 aliphatic heterocycles. The van der Waals surface area contributed by atoms with Gasteiger partial charge < -0.3 is 10.1 Å². The molecule has 4 heteroatoms. The summed E-state index contributed by atoms with van der Waals surface area (Å²) in [5.41, 5.74) is 0.953. The van der Waals surface area contributed by atoms with Crippen molar-refractivity contribution in [2.45, 2.75) is 38.1 Å². The number of aromatic nitrogens is 2. The van der Waals surface area contributed by atoms with Gasteiger partial charge in [0.2, 0.25) is 0 Å². The van der Waals surface area contributed by atoms with Crippen LogP contribution < -0.4 is 10.1 Å². The summed E-state index contributed by atoms with van der Waals surface area (Å²) >= 11 is 0. The molecule has 0 unspecified atom stereocenters. The van der Waals surface area contributed by atoms with Gasteiger partial charge in [-0.3, -0.25) is 0 Å². The maximum Gasteiger partial charge on any atom is 0.137 e. The van der Waals surface area contributed by atoms with E-state index in [2.05, 4.69) is 15.3 Å². The van der Waals surface area contributed by atoms with Gasteiger partial charge in [-0.25, -0.2) is 9.97 Å². The Balaban J connectivity index is 1.92. The lowest BCUT2D eigenvalue weighted by atomic mass is 9.95. The van der Waals surface area contributed by atoms with Gasteiger partial charge in [-0.15, -0.1) is 0 Å². The van der Waals surface area contributed by atoms with Crippen LogP contribution in [0.3, 0.4) is 0 Å². The van der Waals surface area contributed by atoms with E-state index in [1.165, 1.54) is 32.1 Å². The number of rotatable bonds is 3. The fourth-order valence-electron chi connectivity index (χ4n) is 2.72. The molecule has 0 radical (unpaired) electrons. The van der Waals surface area contributed by atoms with Crippen LogP contribution in [0.15, 0.2) is 24.5 Å². The maximum absolute atomic E-state index is 5.28. The molecule has 1 aromatic heterocycles. The number of nitrogens with zero attached hydrogens (tertiary/aromatic N) is 2. The summed E-state index contributed by atoms with van der Waals surface area (Å²) in [6.45, 7) is 0. The molecule has 0 amide bonds. The normalized spacial score (nSPS) is 16.5. The first kappa shape index (κ1) is 12.2. The summed E-state index contributed by atoms with van der Waals surface area (Å²) < 4.78 is 5.28. The Bertz CT molecular complexity index is 564. The van der Waals surface area contributed by atoms with Crippen molar-refractivity contribution in [2.24, 2.45) is 0 Å². The van der Waals surface area contributed by atoms with Crippen molar-refractivity contribution in [3.63, 3.8) is 0 Å². The fraction of sp³-hybridized carbons (Fsp3) is 0.467. The molecule has 0 saturated heterocycles. The van der Waals surface area contributed by atoms with Crippen LogP contribution in [0, 0.1) is 0 Å². The molecule has 4 nitrogen and oxygen atoms in total. The van der Waals surface area contributed by atoms with Crippen molar-refractivity contribution >= 4 is 16.7 Å². The number of methoxy groups -OCH3 is 1. The smallest absolute Gasteiger partial charge is 0.137 e. The number of ether oxygens (including phenoxy) is 1. The third kappa shape index (κ3) is 2.62. The van der Waals surface area contributed by atoms with Crippen molar-refractivity contribution in [2.75, 3.05) is 12.4 Å². The zero-order valence-electron chi connectivity index (χ0n) is 11.2. The lowest BCUT2D eigenvalue weighted by molar-refractivity contribution is 0.415. The second-order valence-corrected chi connectivity index (χ2v) is 5.08. The zero-order chi connectivity index (χ0) is 13.1. The minimum atomic E-state index is 0.540. The van der Waals surface area contributed by atoms with Gasteiger partial charge in [0.1, 0.15) is 17.9 Å². The number of hydrogen-bond donors (Lipinski definition) is 1. The first-order valence-corrected chi connectivity index (χ1v) is 6.92. The first-order chi connectivity index (χ1) is 9.36. The van der Waals surface area contributed by atoms with Crippen molar-refractivity contribution < 1.29 is 4.74 Å². The topological polar surface area (TPSA) is 47.0 Å². The molecule has 19 heavy (non-hydrogen) atoms. The highest BCUT2D eigenvalue weighted by atomic mass is 16.5. The second kappa shape index (κ2) is 5.43. The van der Waals surface area contributed by atoms with E-state index in [0.29, 0.717) is 6.04 Å². The van der Waals surface area contributed by atoms with Crippen LogP contribution in [-0.4, -0.2) is 23.1 Å². The number of anilines is 1. The van der Waals surface area contributed by atoms with Crippen LogP contribution in [-0.2, 0) is 0 Å². The highest BCUT2D eigenvalue weighted by molar-refractivity contribution is 5.90. The van der Waals surface area contributed by atoms with Gasteiger partial charge in [0.05, 0.1) is 12.6 Å². The monoisotopic (exact) mass is 257 g/mol. The maximum atomic E-state index is 5.28. The molecule has 0 atom stereocenters. The van der Waals surface area contributed by atoms with Crippen LogP contribution in [0.2, 0.25) is 0 Å². The molecule has 0 spiro atoms. The molecular weight excluding hydrogens is 238 g/mol. The highest BCUT2D eigenvalue weighted by Crippen LogP contribution is 2.27. The summed E-state index contributed by atoms with van der Waals surface area (Å²) in [4.78, 5) is 8.70. The first-order valence-electron chi connectivity index (χ1n) is 6.92. The largest absolute Gasteiger partial charge is 0.497 e. The van der Waals surface area contributed by atoms with Gasteiger partial charge in [0.15, 0.2) is 0 Å². The van der Waals surface area contributed by atoms with Gasteiger partial charge in [-0.05, 0) is 31.0 Å². The average Bonchev–Trinajstić information content (AvgIpc) is 2.48. The lowest BCUT2D eigenvalue weighted by Crippen LogP contribution is -2.23. The van der Waals surface area contributed by atoms with Crippen molar-refractivity contribution in [3.05, 3.63) is 24.5 Å². The third-order valence-electron chi connectivity index (χ3n) is 3.79. The fourth-order valence-corrected chi connectivity index (χ4v) is 2.72. The Kier molecular flexibility index (Phi) is 3.49. The van der Waals surface area contributed by atoms with E-state index in [1.807, 2.05) is 18.2 Å². The second-order valence-electron chi connectivity index (χ2n) is 5.08. The van der Waals surface area contributed by atoms with Crippen LogP contribution in [0.4, 0.5) is 5.82 Å². The van der Waals surface area contributed by atoms with Crippen molar-refractivity contribution in [3.8, 4) is 5.75 Å². The summed E-state index contributed by atoms with van der Waals surface area (Å²) in [7, 11) is 1.68. The SMILES string of the molecule is COc1ccc2ncnc(NC3CCCCC3)c2c1. The lowest BCUT2D eigenvalue weighted by Gasteiger charge is -2.23. The van der Waals surface area contributed by atoms with Crippen molar-refractivity contribution in [1.29, 1.82) is 0 Å². The summed E-state index contributed by atoms with van der Waals surface area (Å²) in [6.07, 6.45) is 8.06. The molecule has 1 aliphatic rings. The molecule has 1 aliphatic carbocycles. The Hall–Kier alpha value is -1.84. The van der Waals surface area contributed by atoms with Gasteiger partial charge in [0, 0.05) is 11.4 Å². The molecule has 1 saturated carbocycles. The third-order valence-corrected chi connectivity index (χ3v) is 3.79. The highest BCUT2D eigenvalue weighted by Gasteiger charge is 2.15. The van der Waals surface area contributed by atoms with Gasteiger partial charge in [-0.1, -0.05) is 19.3 Å². The van der Waals surface area contributed by atoms with Crippen LogP contribution in [0.1, 0.15) is 32.1 Å². The molecule has 1 fully saturated rings. The van der Waals surface area contributed by atoms with E-state index in [4.69, 9.17) is 4.74 Å². The predicted molar refractivity (Wildman–Crippen MR) is 76.6 cm³/mol. The van der Waals surface area contributed by atoms with Gasteiger partial charge in [0.25, 0.3) is 0 Å². The average molecular weight is 257 g/mol. The van der Waals surface area contributed by atoms with E-state index in [-0.39, 0.29) is 0 Å². The molecule has 1 aromatic carbocycles. The molecule has 2 aromatic rings. The Morgan fingerprint density at radius 3 is 2.79 bits per heavy atom. The van der Waals surface area contributed by atoms with Gasteiger partial charge >= 0.3 is 0 Å². The quantitative estimate of drug-likeness (QED) is 0.915. The Morgan fingerprint density at radius 2 is 2.00 bits per heavy atom. The van der Waals surface area contributed by atoms with E-state index in [9.17, 15) is 0 Å². The molecular formula is C15H19N3O. The molecule has 100 valence electrons. The zero-order valence-corrected chi connectivity index (χ0v) is 11.2. The van der Waals surface area contributed by atoms with Crippen LogP contribution >= 0.6 is 0 Å². The predicted octanol–water partition coefficient (Wildman–Crippen LogP) is 3.38. The summed E-state index contributed by atoms with van der Waals surface area (Å²) in [6, 6.07) is 6.44. The minimum Gasteiger partial charge on any atom is -0.497 e. The summed E-state index contributed by atoms with van der Waals surface area (Å²) in [5, 5.41) is 4.60. The van der Waals surface area contributed by atoms with Crippen LogP contribution in [0.5, 0.6) is 5.75 Å². The minimum absolute atomic E-state index is 0.540. The van der Waals surface area contributed by atoms with E-state index < -0.39 is 0 Å². The summed E-state index contributed by atoms with van der Waals surface area (Å²) in [5.74, 6) is 1.77. The molecule has 1 heterocycles. The number of nitrogens with one attached hydrogen (secondary N) is 1. The van der Waals surface area contributed by atoms with E-state index in [1.54, 1.807) is 13.4 Å². The molecule has 0 bridgehead atoms. The Labute approximate surface area is 113 Å². The number of fused-ring (bicyclic) bond motifs is 1. The number of benzene rings is 1. The van der Waals surface area contributed by atoms with E-state index in [0.717, 1.165) is 22.5 Å². The van der Waals surface area contributed by atoms with E-state index >= 15 is 0 Å². The van der Waals surface area contributed by atoms with Crippen molar-refractivity contribution in [1.82, 2.24) is 9.97 Å². The standard InChI is InChI=1S/C15H19N3O/c1-19-12-7-8-14-13(9-12)15(17-10-16-14)18-11-5-3-2-4-6-11/h7-11H,2-6H2,1H3,(H,16,17,18). The number of hydrogen-bond acceptors (Lipinski definition) is 4. The molecule has 1 N–H and O–H groups in total. The van der Waals surface area contributed by atoms with Crippen LogP contribution in [0.25, 0.3) is 10.9 Å². The van der Waals surface area contributed by atoms with Gasteiger partial charge in [-0.2, -0.15) is 0 Å². The molecule has 3 rings (SSSR count).